The Morgan fingerprint density at radius 3 is 2.78 bits per heavy atom. The van der Waals surface area contributed by atoms with E-state index in [1.807, 2.05) is 19.4 Å². The zero-order valence-electron chi connectivity index (χ0n) is 13.1. The van der Waals surface area contributed by atoms with Crippen LogP contribution in [0.5, 0.6) is 0 Å². The predicted octanol–water partition coefficient (Wildman–Crippen LogP) is 1.08. The van der Waals surface area contributed by atoms with Crippen molar-refractivity contribution in [2.24, 2.45) is 7.05 Å². The van der Waals surface area contributed by atoms with Crippen molar-refractivity contribution < 1.29 is 0 Å². The van der Waals surface area contributed by atoms with Gasteiger partial charge in [-0.2, -0.15) is 0 Å². The zero-order valence-corrected chi connectivity index (χ0v) is 13.1. The standard InChI is InChI=1S/C16H19N7/c1-21-10-14(19-20-21)11-22-4-6-23(7-5-22)15-2-3-16-13(8-15)9-17-12-18-16/h2-3,8-10,12H,4-7,11H2,1H3. The number of aromatic nitrogens is 5. The van der Waals surface area contributed by atoms with Crippen LogP contribution < -0.4 is 4.90 Å². The first-order chi connectivity index (χ1) is 11.3. The van der Waals surface area contributed by atoms with Crippen LogP contribution in [0.15, 0.2) is 36.9 Å². The van der Waals surface area contributed by atoms with Crippen molar-refractivity contribution in [3.05, 3.63) is 42.6 Å². The fourth-order valence-electron chi connectivity index (χ4n) is 3.03. The summed E-state index contributed by atoms with van der Waals surface area (Å²) in [5, 5.41) is 9.25. The number of aryl methyl sites for hydroxylation is 1. The van der Waals surface area contributed by atoms with Crippen molar-refractivity contribution in [2.45, 2.75) is 6.54 Å². The third-order valence-corrected chi connectivity index (χ3v) is 4.26. The topological polar surface area (TPSA) is 63.0 Å². The van der Waals surface area contributed by atoms with Gasteiger partial charge in [-0.1, -0.05) is 5.21 Å². The molecule has 0 amide bonds. The molecular weight excluding hydrogens is 290 g/mol. The van der Waals surface area contributed by atoms with Gasteiger partial charge in [-0.15, -0.1) is 5.10 Å². The number of piperazine rings is 1. The SMILES string of the molecule is Cn1cc(CN2CCN(c3ccc4ncncc4c3)CC2)nn1. The average Bonchev–Trinajstić information content (AvgIpc) is 3.00. The lowest BCUT2D eigenvalue weighted by atomic mass is 10.2. The van der Waals surface area contributed by atoms with Crippen LogP contribution in [0, 0.1) is 0 Å². The highest BCUT2D eigenvalue weighted by atomic mass is 15.4. The molecule has 118 valence electrons. The van der Waals surface area contributed by atoms with Gasteiger partial charge in [-0.05, 0) is 18.2 Å². The van der Waals surface area contributed by atoms with Gasteiger partial charge < -0.3 is 4.90 Å². The molecule has 23 heavy (non-hydrogen) atoms. The van der Waals surface area contributed by atoms with Crippen LogP contribution in [0.4, 0.5) is 5.69 Å². The summed E-state index contributed by atoms with van der Waals surface area (Å²) in [5.41, 5.74) is 3.26. The summed E-state index contributed by atoms with van der Waals surface area (Å²) in [5.74, 6) is 0. The van der Waals surface area contributed by atoms with Gasteiger partial charge in [0.05, 0.1) is 11.2 Å². The normalized spacial score (nSPS) is 16.1. The lowest BCUT2D eigenvalue weighted by molar-refractivity contribution is 0.247. The summed E-state index contributed by atoms with van der Waals surface area (Å²) in [6.45, 7) is 4.95. The van der Waals surface area contributed by atoms with Crippen LogP contribution in [-0.2, 0) is 13.6 Å². The van der Waals surface area contributed by atoms with E-state index in [0.717, 1.165) is 49.3 Å². The molecule has 1 aromatic carbocycles. The fourth-order valence-corrected chi connectivity index (χ4v) is 3.03. The Morgan fingerprint density at radius 2 is 2.00 bits per heavy atom. The Morgan fingerprint density at radius 1 is 1.13 bits per heavy atom. The maximum absolute atomic E-state index is 4.28. The van der Waals surface area contributed by atoms with E-state index >= 15 is 0 Å². The Labute approximate surface area is 134 Å². The number of fused-ring (bicyclic) bond motifs is 1. The molecule has 7 heteroatoms. The van der Waals surface area contributed by atoms with E-state index in [-0.39, 0.29) is 0 Å². The molecule has 3 aromatic rings. The first-order valence-corrected chi connectivity index (χ1v) is 7.80. The van der Waals surface area contributed by atoms with Gasteiger partial charge in [0.1, 0.15) is 6.33 Å². The van der Waals surface area contributed by atoms with Gasteiger partial charge in [0.15, 0.2) is 0 Å². The second kappa shape index (κ2) is 5.92. The molecule has 0 aliphatic carbocycles. The molecule has 1 saturated heterocycles. The summed E-state index contributed by atoms with van der Waals surface area (Å²) in [4.78, 5) is 13.2. The van der Waals surface area contributed by atoms with E-state index in [4.69, 9.17) is 0 Å². The summed E-state index contributed by atoms with van der Waals surface area (Å²) in [6, 6.07) is 6.39. The molecule has 2 aromatic heterocycles. The molecule has 0 bridgehead atoms. The van der Waals surface area contributed by atoms with E-state index in [0.29, 0.717) is 0 Å². The molecule has 0 spiro atoms. The van der Waals surface area contributed by atoms with Crippen molar-refractivity contribution in [3.8, 4) is 0 Å². The summed E-state index contributed by atoms with van der Waals surface area (Å²) < 4.78 is 1.75. The van der Waals surface area contributed by atoms with E-state index < -0.39 is 0 Å². The third-order valence-electron chi connectivity index (χ3n) is 4.26. The second-order valence-corrected chi connectivity index (χ2v) is 5.91. The monoisotopic (exact) mass is 309 g/mol. The van der Waals surface area contributed by atoms with Crippen molar-refractivity contribution in [3.63, 3.8) is 0 Å². The highest BCUT2D eigenvalue weighted by Crippen LogP contribution is 2.21. The smallest absolute Gasteiger partial charge is 0.116 e. The Hall–Kier alpha value is -2.54. The van der Waals surface area contributed by atoms with Crippen molar-refractivity contribution >= 4 is 16.6 Å². The minimum Gasteiger partial charge on any atom is -0.369 e. The van der Waals surface area contributed by atoms with Crippen LogP contribution >= 0.6 is 0 Å². The minimum absolute atomic E-state index is 0.868. The lowest BCUT2D eigenvalue weighted by Crippen LogP contribution is -2.46. The van der Waals surface area contributed by atoms with Gasteiger partial charge in [0.2, 0.25) is 0 Å². The number of nitrogens with zero attached hydrogens (tertiary/aromatic N) is 7. The highest BCUT2D eigenvalue weighted by Gasteiger charge is 2.18. The molecular formula is C16H19N7. The Bertz CT molecular complexity index is 805. The number of anilines is 1. The van der Waals surface area contributed by atoms with Crippen LogP contribution in [0.3, 0.4) is 0 Å². The Kier molecular flexibility index (Phi) is 3.63. The molecule has 0 saturated carbocycles. The summed E-state index contributed by atoms with van der Waals surface area (Å²) in [6.07, 6.45) is 5.44. The van der Waals surface area contributed by atoms with E-state index in [1.165, 1.54) is 5.69 Å². The highest BCUT2D eigenvalue weighted by molar-refractivity contribution is 5.81. The van der Waals surface area contributed by atoms with Crippen LogP contribution in [0.1, 0.15) is 5.69 Å². The molecule has 0 N–H and O–H groups in total. The van der Waals surface area contributed by atoms with Gasteiger partial charge in [0, 0.05) is 63.2 Å². The van der Waals surface area contributed by atoms with Gasteiger partial charge in [-0.25, -0.2) is 9.97 Å². The largest absolute Gasteiger partial charge is 0.369 e. The van der Waals surface area contributed by atoms with Crippen molar-refractivity contribution in [1.82, 2.24) is 29.9 Å². The quantitative estimate of drug-likeness (QED) is 0.721. The molecule has 1 aliphatic heterocycles. The second-order valence-electron chi connectivity index (χ2n) is 5.91. The molecule has 1 aliphatic rings. The number of benzene rings is 1. The van der Waals surface area contributed by atoms with Crippen LogP contribution in [0.2, 0.25) is 0 Å². The van der Waals surface area contributed by atoms with Crippen LogP contribution in [-0.4, -0.2) is 56.0 Å². The number of rotatable bonds is 3. The number of hydrogen-bond acceptors (Lipinski definition) is 6. The minimum atomic E-state index is 0.868. The predicted molar refractivity (Wildman–Crippen MR) is 88.0 cm³/mol. The van der Waals surface area contributed by atoms with Gasteiger partial charge in [-0.3, -0.25) is 9.58 Å². The molecule has 0 atom stereocenters. The average molecular weight is 309 g/mol. The summed E-state index contributed by atoms with van der Waals surface area (Å²) >= 11 is 0. The van der Waals surface area contributed by atoms with E-state index in [9.17, 15) is 0 Å². The first kappa shape index (κ1) is 14.1. The van der Waals surface area contributed by atoms with Gasteiger partial charge in [0.25, 0.3) is 0 Å². The van der Waals surface area contributed by atoms with Gasteiger partial charge >= 0.3 is 0 Å². The maximum Gasteiger partial charge on any atom is 0.116 e. The number of hydrogen-bond donors (Lipinski definition) is 0. The molecule has 0 radical (unpaired) electrons. The van der Waals surface area contributed by atoms with Crippen LogP contribution in [0.25, 0.3) is 10.9 Å². The molecule has 3 heterocycles. The van der Waals surface area contributed by atoms with Crippen molar-refractivity contribution in [1.29, 1.82) is 0 Å². The molecule has 0 unspecified atom stereocenters. The molecule has 4 rings (SSSR count). The van der Waals surface area contributed by atoms with E-state index in [1.54, 1.807) is 11.0 Å². The molecule has 7 nitrogen and oxygen atoms in total. The van der Waals surface area contributed by atoms with Crippen molar-refractivity contribution in [2.75, 3.05) is 31.1 Å². The summed E-state index contributed by atoms with van der Waals surface area (Å²) in [7, 11) is 1.90. The first-order valence-electron chi connectivity index (χ1n) is 7.80. The zero-order chi connectivity index (χ0) is 15.6. The fraction of sp³-hybridized carbons (Fsp3) is 0.375. The lowest BCUT2D eigenvalue weighted by Gasteiger charge is -2.35. The maximum atomic E-state index is 4.28. The third kappa shape index (κ3) is 3.00. The molecule has 1 fully saturated rings. The Balaban J connectivity index is 1.42. The van der Waals surface area contributed by atoms with E-state index in [2.05, 4.69) is 48.3 Å².